The molecule has 1 aromatic heterocycles. The third-order valence-electron chi connectivity index (χ3n) is 4.55. The first-order chi connectivity index (χ1) is 13.9. The van der Waals surface area contributed by atoms with Crippen LogP contribution in [0.3, 0.4) is 0 Å². The molecule has 9 heteroatoms. The average Bonchev–Trinajstić information content (AvgIpc) is 3.06. The van der Waals surface area contributed by atoms with E-state index in [0.717, 1.165) is 4.88 Å². The second kappa shape index (κ2) is 7.36. The predicted octanol–water partition coefficient (Wildman–Crippen LogP) is 4.07. The molecule has 8 nitrogen and oxygen atoms in total. The number of carbonyl (C=O) groups is 2. The van der Waals surface area contributed by atoms with E-state index in [1.807, 2.05) is 18.2 Å². The Morgan fingerprint density at radius 2 is 1.79 bits per heavy atom. The Hall–Kier alpha value is -3.72. The minimum absolute atomic E-state index is 0.0362. The van der Waals surface area contributed by atoms with Gasteiger partial charge in [-0.3, -0.25) is 19.7 Å². The number of aryl methyl sites for hydroxylation is 1. The van der Waals surface area contributed by atoms with Gasteiger partial charge in [0.25, 0.3) is 17.5 Å². The number of rotatable bonds is 4. The zero-order chi connectivity index (χ0) is 20.5. The SMILES string of the molecule is Cc1sc(C(=O)Nc2ccccc2)c2c1C(=O)NC(c1ccc([N+](=O)[O-])cc1)N2. The lowest BCUT2D eigenvalue weighted by Crippen LogP contribution is -2.38. The van der Waals surface area contributed by atoms with Crippen LogP contribution in [0.2, 0.25) is 0 Å². The van der Waals surface area contributed by atoms with Gasteiger partial charge in [-0.15, -0.1) is 11.3 Å². The summed E-state index contributed by atoms with van der Waals surface area (Å²) in [6.07, 6.45) is -0.604. The van der Waals surface area contributed by atoms with Gasteiger partial charge in [-0.05, 0) is 36.8 Å². The van der Waals surface area contributed by atoms with Gasteiger partial charge in [-0.25, -0.2) is 0 Å². The van der Waals surface area contributed by atoms with Crippen LogP contribution < -0.4 is 16.0 Å². The molecule has 0 fully saturated rings. The molecule has 4 rings (SSSR count). The van der Waals surface area contributed by atoms with E-state index >= 15 is 0 Å². The van der Waals surface area contributed by atoms with Crippen molar-refractivity contribution in [3.05, 3.63) is 85.6 Å². The number of fused-ring (bicyclic) bond motifs is 1. The van der Waals surface area contributed by atoms with Crippen LogP contribution in [0.15, 0.2) is 54.6 Å². The summed E-state index contributed by atoms with van der Waals surface area (Å²) < 4.78 is 0. The fraction of sp³-hybridized carbons (Fsp3) is 0.100. The van der Waals surface area contributed by atoms with Crippen LogP contribution in [0.5, 0.6) is 0 Å². The van der Waals surface area contributed by atoms with E-state index in [0.29, 0.717) is 27.4 Å². The van der Waals surface area contributed by atoms with Gasteiger partial charge in [0, 0.05) is 22.7 Å². The summed E-state index contributed by atoms with van der Waals surface area (Å²) in [7, 11) is 0. The van der Waals surface area contributed by atoms with E-state index < -0.39 is 11.1 Å². The molecule has 2 heterocycles. The Morgan fingerprint density at radius 3 is 2.45 bits per heavy atom. The fourth-order valence-electron chi connectivity index (χ4n) is 3.16. The number of amides is 2. The standard InChI is InChI=1S/C20H16N4O4S/c1-11-15-16(17(29-11)20(26)21-13-5-3-2-4-6-13)22-18(23-19(15)25)12-7-9-14(10-8-12)24(27)28/h2-10,18,22H,1H3,(H,21,26)(H,23,25). The number of benzene rings is 2. The van der Waals surface area contributed by atoms with Gasteiger partial charge in [0.2, 0.25) is 0 Å². The highest BCUT2D eigenvalue weighted by Gasteiger charge is 2.32. The molecule has 0 saturated heterocycles. The monoisotopic (exact) mass is 408 g/mol. The van der Waals surface area contributed by atoms with Crippen molar-refractivity contribution in [2.45, 2.75) is 13.1 Å². The second-order valence-corrected chi connectivity index (χ2v) is 7.68. The van der Waals surface area contributed by atoms with Crippen LogP contribution in [-0.2, 0) is 0 Å². The highest BCUT2D eigenvalue weighted by atomic mass is 32.1. The molecule has 146 valence electrons. The summed E-state index contributed by atoms with van der Waals surface area (Å²) >= 11 is 1.24. The molecule has 0 radical (unpaired) electrons. The largest absolute Gasteiger partial charge is 0.360 e. The first-order valence-corrected chi connectivity index (χ1v) is 9.57. The smallest absolute Gasteiger partial charge is 0.269 e. The Kier molecular flexibility index (Phi) is 4.73. The predicted molar refractivity (Wildman–Crippen MR) is 110 cm³/mol. The van der Waals surface area contributed by atoms with Crippen molar-refractivity contribution in [3.63, 3.8) is 0 Å². The lowest BCUT2D eigenvalue weighted by Gasteiger charge is -2.27. The van der Waals surface area contributed by atoms with Crippen LogP contribution in [0.25, 0.3) is 0 Å². The van der Waals surface area contributed by atoms with E-state index in [4.69, 9.17) is 0 Å². The molecule has 0 spiro atoms. The number of hydrogen-bond acceptors (Lipinski definition) is 6. The van der Waals surface area contributed by atoms with E-state index in [1.165, 1.54) is 23.5 Å². The van der Waals surface area contributed by atoms with Crippen molar-refractivity contribution < 1.29 is 14.5 Å². The second-order valence-electron chi connectivity index (χ2n) is 6.46. The van der Waals surface area contributed by atoms with Crippen molar-refractivity contribution in [3.8, 4) is 0 Å². The Balaban J connectivity index is 1.64. The molecule has 1 unspecified atom stereocenters. The van der Waals surface area contributed by atoms with Gasteiger partial charge in [0.05, 0.1) is 16.2 Å². The molecule has 3 N–H and O–H groups in total. The third-order valence-corrected chi connectivity index (χ3v) is 5.65. The zero-order valence-corrected chi connectivity index (χ0v) is 16.1. The van der Waals surface area contributed by atoms with E-state index in [-0.39, 0.29) is 17.5 Å². The Labute approximate surface area is 169 Å². The minimum Gasteiger partial charge on any atom is -0.360 e. The Morgan fingerprint density at radius 1 is 1.10 bits per heavy atom. The van der Waals surface area contributed by atoms with Crippen molar-refractivity contribution in [2.75, 3.05) is 10.6 Å². The van der Waals surface area contributed by atoms with Gasteiger partial charge < -0.3 is 16.0 Å². The fourth-order valence-corrected chi connectivity index (χ4v) is 4.17. The summed E-state index contributed by atoms with van der Waals surface area (Å²) in [6, 6.07) is 15.0. The normalized spacial score (nSPS) is 15.1. The van der Waals surface area contributed by atoms with Gasteiger partial charge in [0.15, 0.2) is 0 Å². The van der Waals surface area contributed by atoms with E-state index in [1.54, 1.807) is 31.2 Å². The molecular weight excluding hydrogens is 392 g/mol. The number of non-ortho nitro benzene ring substituents is 1. The highest BCUT2D eigenvalue weighted by molar-refractivity contribution is 7.15. The van der Waals surface area contributed by atoms with Crippen LogP contribution in [-0.4, -0.2) is 16.7 Å². The van der Waals surface area contributed by atoms with E-state index in [9.17, 15) is 19.7 Å². The summed E-state index contributed by atoms with van der Waals surface area (Å²) in [5.41, 5.74) is 2.17. The number of para-hydroxylation sites is 1. The van der Waals surface area contributed by atoms with Crippen LogP contribution in [0.4, 0.5) is 17.1 Å². The van der Waals surface area contributed by atoms with Gasteiger partial charge in [-0.1, -0.05) is 18.2 Å². The lowest BCUT2D eigenvalue weighted by atomic mass is 10.1. The molecule has 1 atom stereocenters. The summed E-state index contributed by atoms with van der Waals surface area (Å²) in [4.78, 5) is 37.0. The number of hydrogen-bond donors (Lipinski definition) is 3. The summed E-state index contributed by atoms with van der Waals surface area (Å²) in [5, 5.41) is 19.7. The average molecular weight is 408 g/mol. The molecule has 0 saturated carbocycles. The highest BCUT2D eigenvalue weighted by Crippen LogP contribution is 2.38. The Bertz CT molecular complexity index is 1110. The molecule has 29 heavy (non-hydrogen) atoms. The lowest BCUT2D eigenvalue weighted by molar-refractivity contribution is -0.384. The number of thiophene rings is 1. The minimum atomic E-state index is -0.604. The van der Waals surface area contributed by atoms with Gasteiger partial charge >= 0.3 is 0 Å². The molecule has 2 amide bonds. The van der Waals surface area contributed by atoms with Gasteiger partial charge in [-0.2, -0.15) is 0 Å². The first-order valence-electron chi connectivity index (χ1n) is 8.75. The molecule has 0 aliphatic carbocycles. The molecule has 0 bridgehead atoms. The summed E-state index contributed by atoms with van der Waals surface area (Å²) in [5.74, 6) is -0.607. The number of carbonyl (C=O) groups excluding carboxylic acids is 2. The summed E-state index contributed by atoms with van der Waals surface area (Å²) in [6.45, 7) is 1.79. The number of nitro benzene ring substituents is 1. The maximum absolute atomic E-state index is 12.8. The van der Waals surface area contributed by atoms with Gasteiger partial charge in [0.1, 0.15) is 11.0 Å². The van der Waals surface area contributed by atoms with Crippen LogP contribution >= 0.6 is 11.3 Å². The van der Waals surface area contributed by atoms with Crippen molar-refractivity contribution in [1.29, 1.82) is 0 Å². The third kappa shape index (κ3) is 3.55. The molecule has 2 aromatic carbocycles. The number of nitrogens with zero attached hydrogens (tertiary/aromatic N) is 1. The quantitative estimate of drug-likeness (QED) is 0.445. The first kappa shape index (κ1) is 18.6. The maximum atomic E-state index is 12.8. The number of nitrogens with one attached hydrogen (secondary N) is 3. The molecule has 1 aliphatic rings. The van der Waals surface area contributed by atoms with Crippen molar-refractivity contribution in [2.24, 2.45) is 0 Å². The molecular formula is C20H16N4O4S. The number of anilines is 2. The van der Waals surface area contributed by atoms with Crippen molar-refractivity contribution >= 4 is 40.2 Å². The molecule has 1 aliphatic heterocycles. The topological polar surface area (TPSA) is 113 Å². The molecule has 3 aromatic rings. The maximum Gasteiger partial charge on any atom is 0.269 e. The number of nitro groups is 1. The van der Waals surface area contributed by atoms with E-state index in [2.05, 4.69) is 16.0 Å². The van der Waals surface area contributed by atoms with Crippen LogP contribution in [0, 0.1) is 17.0 Å². The van der Waals surface area contributed by atoms with Crippen molar-refractivity contribution in [1.82, 2.24) is 5.32 Å². The zero-order valence-electron chi connectivity index (χ0n) is 15.3. The van der Waals surface area contributed by atoms with Crippen LogP contribution in [0.1, 0.15) is 36.6 Å².